The zero-order valence-electron chi connectivity index (χ0n) is 10.7. The molecule has 0 fully saturated rings. The quantitative estimate of drug-likeness (QED) is 0.846. The maximum atomic E-state index is 11.4. The molecule has 0 heterocycles. The van der Waals surface area contributed by atoms with E-state index >= 15 is 0 Å². The Hall–Kier alpha value is -1.64. The molecule has 1 aromatic carbocycles. The van der Waals surface area contributed by atoms with Gasteiger partial charge in [0.2, 0.25) is 5.91 Å². The van der Waals surface area contributed by atoms with Crippen LogP contribution in [0, 0.1) is 0 Å². The topological polar surface area (TPSA) is 60.2 Å². The SMILES string of the molecule is CCc1ccc(C(N)=O)c(CC(C)=O)c1CC. The predicted molar refractivity (Wildman–Crippen MR) is 68.1 cm³/mol. The Morgan fingerprint density at radius 3 is 2.18 bits per heavy atom. The van der Waals surface area contributed by atoms with Crippen molar-refractivity contribution in [2.75, 3.05) is 0 Å². The monoisotopic (exact) mass is 233 g/mol. The molecular weight excluding hydrogens is 214 g/mol. The minimum absolute atomic E-state index is 0.0513. The number of carbonyl (C=O) groups excluding carboxylic acids is 2. The number of hydrogen-bond donors (Lipinski definition) is 1. The fraction of sp³-hybridized carbons (Fsp3) is 0.429. The zero-order chi connectivity index (χ0) is 13.0. The van der Waals surface area contributed by atoms with Crippen LogP contribution in [-0.4, -0.2) is 11.7 Å². The average molecular weight is 233 g/mol. The van der Waals surface area contributed by atoms with E-state index in [9.17, 15) is 9.59 Å². The second kappa shape index (κ2) is 5.62. The largest absolute Gasteiger partial charge is 0.366 e. The molecule has 0 bridgehead atoms. The van der Waals surface area contributed by atoms with Gasteiger partial charge in [0.1, 0.15) is 5.78 Å². The Morgan fingerprint density at radius 1 is 1.12 bits per heavy atom. The highest BCUT2D eigenvalue weighted by Crippen LogP contribution is 2.21. The van der Waals surface area contributed by atoms with Gasteiger partial charge in [0.25, 0.3) is 0 Å². The van der Waals surface area contributed by atoms with Gasteiger partial charge in [-0.1, -0.05) is 19.9 Å². The van der Waals surface area contributed by atoms with E-state index in [0.29, 0.717) is 5.56 Å². The maximum absolute atomic E-state index is 11.4. The van der Waals surface area contributed by atoms with Crippen molar-refractivity contribution in [1.29, 1.82) is 0 Å². The highest BCUT2D eigenvalue weighted by Gasteiger charge is 2.15. The van der Waals surface area contributed by atoms with Crippen molar-refractivity contribution in [2.24, 2.45) is 5.73 Å². The summed E-state index contributed by atoms with van der Waals surface area (Å²) in [6.07, 6.45) is 2.00. The molecule has 17 heavy (non-hydrogen) atoms. The molecule has 0 aliphatic heterocycles. The molecule has 2 N–H and O–H groups in total. The molecule has 0 aliphatic rings. The molecule has 0 saturated carbocycles. The van der Waals surface area contributed by atoms with Crippen LogP contribution in [0.15, 0.2) is 12.1 Å². The molecule has 0 spiro atoms. The molecule has 1 aromatic rings. The molecule has 0 radical (unpaired) electrons. The van der Waals surface area contributed by atoms with Gasteiger partial charge < -0.3 is 5.73 Å². The van der Waals surface area contributed by atoms with Crippen LogP contribution >= 0.6 is 0 Å². The van der Waals surface area contributed by atoms with Crippen LogP contribution in [0.2, 0.25) is 0 Å². The minimum Gasteiger partial charge on any atom is -0.366 e. The number of nitrogens with two attached hydrogens (primary N) is 1. The lowest BCUT2D eigenvalue weighted by Gasteiger charge is -2.15. The molecule has 1 amide bonds. The van der Waals surface area contributed by atoms with Gasteiger partial charge in [-0.3, -0.25) is 9.59 Å². The number of primary amides is 1. The minimum atomic E-state index is -0.460. The lowest BCUT2D eigenvalue weighted by atomic mass is 9.90. The van der Waals surface area contributed by atoms with E-state index in [1.165, 1.54) is 12.5 Å². The van der Waals surface area contributed by atoms with Gasteiger partial charge in [-0.2, -0.15) is 0 Å². The molecule has 1 rings (SSSR count). The Labute approximate surface area is 102 Å². The molecule has 0 aliphatic carbocycles. The van der Waals surface area contributed by atoms with Crippen LogP contribution in [0.3, 0.4) is 0 Å². The summed E-state index contributed by atoms with van der Waals surface area (Å²) in [5, 5.41) is 0. The summed E-state index contributed by atoms with van der Waals surface area (Å²) in [6.45, 7) is 5.63. The van der Waals surface area contributed by atoms with Crippen LogP contribution in [-0.2, 0) is 24.1 Å². The van der Waals surface area contributed by atoms with Gasteiger partial charge in [-0.05, 0) is 42.5 Å². The Morgan fingerprint density at radius 2 is 1.76 bits per heavy atom. The van der Waals surface area contributed by atoms with Crippen molar-refractivity contribution in [3.63, 3.8) is 0 Å². The molecule has 0 aromatic heterocycles. The maximum Gasteiger partial charge on any atom is 0.249 e. The van der Waals surface area contributed by atoms with Crippen molar-refractivity contribution < 1.29 is 9.59 Å². The van der Waals surface area contributed by atoms with E-state index in [2.05, 4.69) is 6.92 Å². The molecule has 3 heteroatoms. The Kier molecular flexibility index (Phi) is 4.44. The summed E-state index contributed by atoms with van der Waals surface area (Å²) < 4.78 is 0. The summed E-state index contributed by atoms with van der Waals surface area (Å²) in [6, 6.07) is 3.67. The number of rotatable bonds is 5. The van der Waals surface area contributed by atoms with E-state index in [1.54, 1.807) is 6.07 Å². The van der Waals surface area contributed by atoms with Crippen LogP contribution in [0.1, 0.15) is 47.8 Å². The number of aryl methyl sites for hydroxylation is 1. The molecule has 92 valence electrons. The highest BCUT2D eigenvalue weighted by atomic mass is 16.1. The lowest BCUT2D eigenvalue weighted by molar-refractivity contribution is -0.116. The summed E-state index contributed by atoms with van der Waals surface area (Å²) in [5.41, 5.74) is 8.93. The zero-order valence-corrected chi connectivity index (χ0v) is 10.7. The first-order valence-corrected chi connectivity index (χ1v) is 5.94. The van der Waals surface area contributed by atoms with Crippen LogP contribution < -0.4 is 5.73 Å². The third-order valence-corrected chi connectivity index (χ3v) is 2.95. The van der Waals surface area contributed by atoms with Gasteiger partial charge in [0.05, 0.1) is 0 Å². The first-order chi connectivity index (χ1) is 8.01. The summed E-state index contributed by atoms with van der Waals surface area (Å²) in [7, 11) is 0. The van der Waals surface area contributed by atoms with Crippen LogP contribution in [0.5, 0.6) is 0 Å². The molecular formula is C14H19NO2. The second-order valence-corrected chi connectivity index (χ2v) is 4.18. The molecule has 3 nitrogen and oxygen atoms in total. The normalized spacial score (nSPS) is 10.3. The number of hydrogen-bond acceptors (Lipinski definition) is 2. The van der Waals surface area contributed by atoms with E-state index in [-0.39, 0.29) is 12.2 Å². The first kappa shape index (κ1) is 13.4. The molecule has 0 saturated heterocycles. The first-order valence-electron chi connectivity index (χ1n) is 5.94. The fourth-order valence-corrected chi connectivity index (χ4v) is 2.19. The third kappa shape index (κ3) is 2.93. The van der Waals surface area contributed by atoms with Crippen LogP contribution in [0.4, 0.5) is 0 Å². The third-order valence-electron chi connectivity index (χ3n) is 2.95. The lowest BCUT2D eigenvalue weighted by Crippen LogP contribution is -2.17. The van der Waals surface area contributed by atoms with E-state index in [4.69, 9.17) is 5.73 Å². The summed E-state index contributed by atoms with van der Waals surface area (Å²) in [5.74, 6) is -0.408. The van der Waals surface area contributed by atoms with Gasteiger partial charge in [-0.25, -0.2) is 0 Å². The fourth-order valence-electron chi connectivity index (χ4n) is 2.19. The molecule has 0 atom stereocenters. The average Bonchev–Trinajstić information content (AvgIpc) is 2.27. The smallest absolute Gasteiger partial charge is 0.249 e. The van der Waals surface area contributed by atoms with Crippen molar-refractivity contribution in [3.8, 4) is 0 Å². The number of benzene rings is 1. The van der Waals surface area contributed by atoms with Crippen molar-refractivity contribution in [1.82, 2.24) is 0 Å². The number of carbonyl (C=O) groups is 2. The Bertz CT molecular complexity index is 450. The van der Waals surface area contributed by atoms with Gasteiger partial charge in [0, 0.05) is 12.0 Å². The van der Waals surface area contributed by atoms with Crippen molar-refractivity contribution in [2.45, 2.75) is 40.0 Å². The summed E-state index contributed by atoms with van der Waals surface area (Å²) in [4.78, 5) is 22.7. The van der Waals surface area contributed by atoms with E-state index < -0.39 is 5.91 Å². The number of ketones is 1. The highest BCUT2D eigenvalue weighted by molar-refractivity contribution is 5.96. The standard InChI is InChI=1S/C14H19NO2/c1-4-10-6-7-12(14(15)17)13(8-9(3)16)11(10)5-2/h6-7H,4-5,8H2,1-3H3,(H2,15,17). The van der Waals surface area contributed by atoms with Crippen molar-refractivity contribution in [3.05, 3.63) is 34.4 Å². The number of amides is 1. The van der Waals surface area contributed by atoms with E-state index in [0.717, 1.165) is 24.0 Å². The van der Waals surface area contributed by atoms with Gasteiger partial charge in [-0.15, -0.1) is 0 Å². The second-order valence-electron chi connectivity index (χ2n) is 4.18. The van der Waals surface area contributed by atoms with Crippen LogP contribution in [0.25, 0.3) is 0 Å². The Balaban J connectivity index is 3.43. The van der Waals surface area contributed by atoms with Gasteiger partial charge >= 0.3 is 0 Å². The van der Waals surface area contributed by atoms with Crippen molar-refractivity contribution >= 4 is 11.7 Å². The predicted octanol–water partition coefficient (Wildman–Crippen LogP) is 2.04. The van der Waals surface area contributed by atoms with E-state index in [1.807, 2.05) is 13.0 Å². The number of Topliss-reactive ketones (excluding diaryl/α,β-unsaturated/α-hetero) is 1. The van der Waals surface area contributed by atoms with Gasteiger partial charge in [0.15, 0.2) is 0 Å². The summed E-state index contributed by atoms with van der Waals surface area (Å²) >= 11 is 0. The molecule has 0 unspecified atom stereocenters.